The third-order valence-electron chi connectivity index (χ3n) is 2.69. The molecule has 2 heterocycles. The Kier molecular flexibility index (Phi) is 2.11. The average molecular weight is 155 g/mol. The summed E-state index contributed by atoms with van der Waals surface area (Å²) in [6.45, 7) is 4.78. The van der Waals surface area contributed by atoms with Crippen molar-refractivity contribution < 1.29 is 0 Å². The fourth-order valence-electron chi connectivity index (χ4n) is 2.01. The molecule has 2 aliphatic heterocycles. The van der Waals surface area contributed by atoms with Crippen LogP contribution in [0.2, 0.25) is 0 Å². The van der Waals surface area contributed by atoms with Gasteiger partial charge in [0.1, 0.15) is 0 Å². The molecule has 0 saturated carbocycles. The van der Waals surface area contributed by atoms with E-state index in [4.69, 9.17) is 5.73 Å². The predicted octanol–water partition coefficient (Wildman–Crippen LogP) is 0.0302. The molecule has 0 bridgehead atoms. The molecule has 2 saturated heterocycles. The summed E-state index contributed by atoms with van der Waals surface area (Å²) in [6.07, 6.45) is 3.91. The van der Waals surface area contributed by atoms with Crippen LogP contribution < -0.4 is 5.73 Å². The Balaban J connectivity index is 1.85. The molecule has 64 valence electrons. The van der Waals surface area contributed by atoms with Crippen LogP contribution in [0.25, 0.3) is 0 Å². The van der Waals surface area contributed by atoms with Crippen molar-refractivity contribution in [2.24, 2.45) is 5.73 Å². The van der Waals surface area contributed by atoms with Crippen LogP contribution in [-0.2, 0) is 0 Å². The first-order chi connectivity index (χ1) is 5.36. The van der Waals surface area contributed by atoms with Gasteiger partial charge < -0.3 is 5.73 Å². The van der Waals surface area contributed by atoms with Gasteiger partial charge in [-0.05, 0) is 19.3 Å². The molecule has 0 aromatic rings. The van der Waals surface area contributed by atoms with Crippen LogP contribution in [0.3, 0.4) is 0 Å². The molecule has 2 rings (SSSR count). The monoisotopic (exact) mass is 155 g/mol. The third kappa shape index (κ3) is 1.55. The summed E-state index contributed by atoms with van der Waals surface area (Å²) in [6, 6.07) is 0.426. The first-order valence-corrected chi connectivity index (χ1v) is 4.61. The van der Waals surface area contributed by atoms with Crippen molar-refractivity contribution in [2.45, 2.75) is 25.3 Å². The van der Waals surface area contributed by atoms with E-state index in [1.807, 2.05) is 0 Å². The van der Waals surface area contributed by atoms with E-state index >= 15 is 0 Å². The predicted molar refractivity (Wildman–Crippen MR) is 45.0 cm³/mol. The van der Waals surface area contributed by atoms with Crippen LogP contribution in [0, 0.1) is 0 Å². The van der Waals surface area contributed by atoms with Crippen molar-refractivity contribution >= 4 is 0 Å². The third-order valence-corrected chi connectivity index (χ3v) is 2.69. The number of hydrogen-bond acceptors (Lipinski definition) is 3. The van der Waals surface area contributed by atoms with Gasteiger partial charge in [0, 0.05) is 32.2 Å². The van der Waals surface area contributed by atoms with Gasteiger partial charge in [0.15, 0.2) is 0 Å². The van der Waals surface area contributed by atoms with Gasteiger partial charge in [-0.15, -0.1) is 0 Å². The van der Waals surface area contributed by atoms with E-state index in [-0.39, 0.29) is 0 Å². The van der Waals surface area contributed by atoms with Crippen molar-refractivity contribution in [3.8, 4) is 0 Å². The van der Waals surface area contributed by atoms with E-state index in [0.29, 0.717) is 6.04 Å². The van der Waals surface area contributed by atoms with Gasteiger partial charge in [-0.1, -0.05) is 0 Å². The van der Waals surface area contributed by atoms with Crippen molar-refractivity contribution in [3.05, 3.63) is 0 Å². The highest BCUT2D eigenvalue weighted by Gasteiger charge is 2.25. The molecule has 1 unspecified atom stereocenters. The summed E-state index contributed by atoms with van der Waals surface area (Å²) in [7, 11) is 0. The number of hydrogen-bond donors (Lipinski definition) is 1. The molecule has 1 atom stereocenters. The van der Waals surface area contributed by atoms with Gasteiger partial charge in [-0.2, -0.15) is 0 Å². The largest absolute Gasteiger partial charge is 0.326 e. The summed E-state index contributed by atoms with van der Waals surface area (Å²) in [5, 5.41) is 4.89. The van der Waals surface area contributed by atoms with E-state index in [0.717, 1.165) is 6.54 Å². The summed E-state index contributed by atoms with van der Waals surface area (Å²) < 4.78 is 0. The fourth-order valence-corrected chi connectivity index (χ4v) is 2.01. The Morgan fingerprint density at radius 1 is 1.00 bits per heavy atom. The van der Waals surface area contributed by atoms with Crippen molar-refractivity contribution in [3.63, 3.8) is 0 Å². The van der Waals surface area contributed by atoms with Gasteiger partial charge in [0.2, 0.25) is 0 Å². The zero-order chi connectivity index (χ0) is 7.68. The molecule has 2 fully saturated rings. The minimum Gasteiger partial charge on any atom is -0.326 e. The van der Waals surface area contributed by atoms with Crippen LogP contribution in [0.1, 0.15) is 19.3 Å². The second-order valence-corrected chi connectivity index (χ2v) is 3.62. The lowest BCUT2D eigenvalue weighted by molar-refractivity contribution is 0.0207. The highest BCUT2D eigenvalue weighted by molar-refractivity contribution is 4.78. The van der Waals surface area contributed by atoms with Crippen molar-refractivity contribution in [1.82, 2.24) is 10.0 Å². The molecule has 11 heavy (non-hydrogen) atoms. The molecule has 0 amide bonds. The molecule has 2 aliphatic rings. The Bertz CT molecular complexity index is 131. The SMILES string of the molecule is NC1CCN(N2CCCC2)C1. The minimum atomic E-state index is 0.426. The average Bonchev–Trinajstić information content (AvgIpc) is 2.55. The summed E-state index contributed by atoms with van der Waals surface area (Å²) >= 11 is 0. The molecule has 0 aromatic heterocycles. The molecular formula is C8H17N3. The van der Waals surface area contributed by atoms with Crippen LogP contribution in [0.15, 0.2) is 0 Å². The summed E-state index contributed by atoms with van der Waals surface area (Å²) in [5.41, 5.74) is 5.82. The van der Waals surface area contributed by atoms with Crippen molar-refractivity contribution in [1.29, 1.82) is 0 Å². The minimum absolute atomic E-state index is 0.426. The normalized spacial score (nSPS) is 35.2. The second kappa shape index (κ2) is 3.09. The Morgan fingerprint density at radius 3 is 2.27 bits per heavy atom. The lowest BCUT2D eigenvalue weighted by Crippen LogP contribution is -2.40. The lowest BCUT2D eigenvalue weighted by atomic mass is 10.3. The fraction of sp³-hybridized carbons (Fsp3) is 1.00. The number of hydrazine groups is 1. The zero-order valence-corrected chi connectivity index (χ0v) is 7.00. The van der Waals surface area contributed by atoms with Gasteiger partial charge >= 0.3 is 0 Å². The zero-order valence-electron chi connectivity index (χ0n) is 7.00. The highest BCUT2D eigenvalue weighted by atomic mass is 15.6. The van der Waals surface area contributed by atoms with E-state index in [1.54, 1.807) is 0 Å². The van der Waals surface area contributed by atoms with Gasteiger partial charge in [0.05, 0.1) is 0 Å². The highest BCUT2D eigenvalue weighted by Crippen LogP contribution is 2.16. The molecule has 3 nitrogen and oxygen atoms in total. The van der Waals surface area contributed by atoms with E-state index < -0.39 is 0 Å². The van der Waals surface area contributed by atoms with Crippen molar-refractivity contribution in [2.75, 3.05) is 26.2 Å². The molecule has 0 radical (unpaired) electrons. The van der Waals surface area contributed by atoms with E-state index in [2.05, 4.69) is 10.0 Å². The standard InChI is InChI=1S/C8H17N3/c9-8-3-6-11(7-8)10-4-1-2-5-10/h8H,1-7,9H2. The molecule has 0 aliphatic carbocycles. The lowest BCUT2D eigenvalue weighted by Gasteiger charge is -2.26. The maximum atomic E-state index is 5.82. The topological polar surface area (TPSA) is 32.5 Å². The molecule has 3 heteroatoms. The van der Waals surface area contributed by atoms with E-state index in [9.17, 15) is 0 Å². The summed E-state index contributed by atoms with van der Waals surface area (Å²) in [4.78, 5) is 0. The molecular weight excluding hydrogens is 138 g/mol. The number of nitrogens with zero attached hydrogens (tertiary/aromatic N) is 2. The summed E-state index contributed by atoms with van der Waals surface area (Å²) in [5.74, 6) is 0. The van der Waals surface area contributed by atoms with Gasteiger partial charge in [-0.3, -0.25) is 0 Å². The molecule has 2 N–H and O–H groups in total. The van der Waals surface area contributed by atoms with Gasteiger partial charge in [0.25, 0.3) is 0 Å². The van der Waals surface area contributed by atoms with Crippen LogP contribution in [-0.4, -0.2) is 42.2 Å². The Morgan fingerprint density at radius 2 is 1.73 bits per heavy atom. The van der Waals surface area contributed by atoms with Crippen LogP contribution in [0.4, 0.5) is 0 Å². The molecule has 0 spiro atoms. The number of rotatable bonds is 1. The maximum Gasteiger partial charge on any atom is 0.0285 e. The first-order valence-electron chi connectivity index (χ1n) is 4.61. The van der Waals surface area contributed by atoms with E-state index in [1.165, 1.54) is 38.9 Å². The first kappa shape index (κ1) is 7.53. The smallest absolute Gasteiger partial charge is 0.0285 e. The Hall–Kier alpha value is -0.120. The second-order valence-electron chi connectivity index (χ2n) is 3.62. The number of nitrogens with two attached hydrogens (primary N) is 1. The quantitative estimate of drug-likeness (QED) is 0.580. The molecule has 0 aromatic carbocycles. The van der Waals surface area contributed by atoms with Crippen LogP contribution in [0.5, 0.6) is 0 Å². The Labute approximate surface area is 68.1 Å². The van der Waals surface area contributed by atoms with Crippen LogP contribution >= 0.6 is 0 Å². The maximum absolute atomic E-state index is 5.82. The van der Waals surface area contributed by atoms with Gasteiger partial charge in [-0.25, -0.2) is 10.0 Å².